The summed E-state index contributed by atoms with van der Waals surface area (Å²) in [7, 11) is 0. The van der Waals surface area contributed by atoms with E-state index in [0.717, 1.165) is 36.8 Å². The summed E-state index contributed by atoms with van der Waals surface area (Å²) >= 11 is 0. The molecule has 2 aromatic carbocycles. The van der Waals surface area contributed by atoms with Crippen LogP contribution in [0.1, 0.15) is 48.8 Å². The highest BCUT2D eigenvalue weighted by atomic mass is 19.1. The molecule has 6 nitrogen and oxygen atoms in total. The largest absolute Gasteiger partial charge is 0.488 e. The number of fused-ring (bicyclic) bond motifs is 3. The summed E-state index contributed by atoms with van der Waals surface area (Å²) in [6, 6.07) is 11.5. The number of carbonyl (C=O) groups is 1. The molecule has 164 valence electrons. The van der Waals surface area contributed by atoms with Crippen LogP contribution in [0, 0.1) is 28.5 Å². The van der Waals surface area contributed by atoms with Crippen LogP contribution in [0.25, 0.3) is 11.1 Å². The van der Waals surface area contributed by atoms with Crippen molar-refractivity contribution in [3.8, 4) is 29.0 Å². The third kappa shape index (κ3) is 4.74. The van der Waals surface area contributed by atoms with Crippen LogP contribution in [0.4, 0.5) is 4.39 Å². The van der Waals surface area contributed by atoms with Gasteiger partial charge in [0.2, 0.25) is 5.91 Å². The molecule has 0 radical (unpaired) electrons. The molecule has 2 aromatic rings. The van der Waals surface area contributed by atoms with Crippen molar-refractivity contribution in [3.05, 3.63) is 52.8 Å². The van der Waals surface area contributed by atoms with Gasteiger partial charge in [0.1, 0.15) is 30.3 Å². The maximum absolute atomic E-state index is 14.9. The first-order valence-electron chi connectivity index (χ1n) is 10.9. The van der Waals surface area contributed by atoms with Crippen molar-refractivity contribution in [2.45, 2.75) is 57.3 Å². The molecular weight excluding hydrogens is 409 g/mol. The monoisotopic (exact) mass is 433 g/mol. The van der Waals surface area contributed by atoms with Gasteiger partial charge < -0.3 is 14.8 Å². The molecule has 1 saturated heterocycles. The van der Waals surface area contributed by atoms with Crippen molar-refractivity contribution in [1.29, 1.82) is 10.5 Å². The molecule has 0 aromatic heterocycles. The highest BCUT2D eigenvalue weighted by molar-refractivity contribution is 5.81. The lowest BCUT2D eigenvalue weighted by Crippen LogP contribution is -2.43. The van der Waals surface area contributed by atoms with E-state index >= 15 is 0 Å². The molecule has 1 fully saturated rings. The Labute approximate surface area is 186 Å². The van der Waals surface area contributed by atoms with E-state index in [1.54, 1.807) is 24.3 Å². The average Bonchev–Trinajstić information content (AvgIpc) is 2.78. The van der Waals surface area contributed by atoms with Crippen molar-refractivity contribution in [1.82, 2.24) is 5.32 Å². The van der Waals surface area contributed by atoms with Gasteiger partial charge in [-0.3, -0.25) is 4.79 Å². The van der Waals surface area contributed by atoms with Gasteiger partial charge >= 0.3 is 0 Å². The third-order valence-corrected chi connectivity index (χ3v) is 5.92. The zero-order valence-electron chi connectivity index (χ0n) is 17.7. The maximum atomic E-state index is 14.9. The number of nitrogens with one attached hydrogen (secondary N) is 1. The number of hydrogen-bond donors (Lipinski definition) is 1. The summed E-state index contributed by atoms with van der Waals surface area (Å²) < 4.78 is 26.4. The molecule has 1 amide bonds. The molecule has 2 aliphatic rings. The normalized spacial score (nSPS) is 18.4. The summed E-state index contributed by atoms with van der Waals surface area (Å²) in [5.74, 6) is -0.276. The standard InChI is InChI=1S/C25H24FN3O3/c26-22-12-21-20-7-6-16(13-27)9-18(20)15-32-24(21)11-17(22)10-19(14-28)29-25(30)23-5-3-1-2-4-8-31-23/h6-7,9,11-12,19,23H,1-5,8,10,15H2,(H,29,30)/t19?,23-/m0/s1. The van der Waals surface area contributed by atoms with E-state index in [0.29, 0.717) is 35.5 Å². The fraction of sp³-hybridized carbons (Fsp3) is 0.400. The summed E-state index contributed by atoms with van der Waals surface area (Å²) in [5, 5.41) is 21.3. The lowest BCUT2D eigenvalue weighted by molar-refractivity contribution is -0.134. The van der Waals surface area contributed by atoms with Crippen LogP contribution in [-0.2, 0) is 22.6 Å². The number of hydrogen-bond acceptors (Lipinski definition) is 5. The number of rotatable bonds is 4. The Bertz CT molecular complexity index is 1090. The molecule has 7 heteroatoms. The Kier molecular flexibility index (Phi) is 6.68. The van der Waals surface area contributed by atoms with Gasteiger partial charge in [-0.1, -0.05) is 25.3 Å². The molecular formula is C25H24FN3O3. The topological polar surface area (TPSA) is 95.1 Å². The van der Waals surface area contributed by atoms with E-state index < -0.39 is 18.0 Å². The highest BCUT2D eigenvalue weighted by Gasteiger charge is 2.25. The molecule has 0 bridgehead atoms. The van der Waals surface area contributed by atoms with E-state index in [2.05, 4.69) is 17.5 Å². The second-order valence-corrected chi connectivity index (χ2v) is 8.17. The zero-order valence-corrected chi connectivity index (χ0v) is 17.7. The highest BCUT2D eigenvalue weighted by Crippen LogP contribution is 2.39. The lowest BCUT2D eigenvalue weighted by atomic mass is 9.93. The van der Waals surface area contributed by atoms with E-state index in [1.165, 1.54) is 6.07 Å². The van der Waals surface area contributed by atoms with Gasteiger partial charge in [-0.05, 0) is 53.8 Å². The second kappa shape index (κ2) is 9.80. The minimum Gasteiger partial charge on any atom is -0.488 e. The third-order valence-electron chi connectivity index (χ3n) is 5.92. The molecule has 1 N–H and O–H groups in total. The molecule has 0 spiro atoms. The summed E-state index contributed by atoms with van der Waals surface area (Å²) in [6.07, 6.45) is 4.07. The zero-order chi connectivity index (χ0) is 22.5. The quantitative estimate of drug-likeness (QED) is 0.781. The van der Waals surface area contributed by atoms with Crippen LogP contribution in [0.2, 0.25) is 0 Å². The second-order valence-electron chi connectivity index (χ2n) is 8.17. The van der Waals surface area contributed by atoms with Crippen LogP contribution in [0.3, 0.4) is 0 Å². The van der Waals surface area contributed by atoms with Crippen LogP contribution in [0.15, 0.2) is 30.3 Å². The Balaban J connectivity index is 1.49. The van der Waals surface area contributed by atoms with Gasteiger partial charge in [0.15, 0.2) is 0 Å². The smallest absolute Gasteiger partial charge is 0.250 e. The predicted octanol–water partition coefficient (Wildman–Crippen LogP) is 4.16. The number of carbonyl (C=O) groups excluding carboxylic acids is 1. The molecule has 0 aliphatic carbocycles. The Morgan fingerprint density at radius 1 is 1.16 bits per heavy atom. The lowest BCUT2D eigenvalue weighted by Gasteiger charge is -2.23. The fourth-order valence-corrected chi connectivity index (χ4v) is 4.20. The van der Waals surface area contributed by atoms with E-state index in [4.69, 9.17) is 14.7 Å². The predicted molar refractivity (Wildman–Crippen MR) is 115 cm³/mol. The Morgan fingerprint density at radius 2 is 2.00 bits per heavy atom. The van der Waals surface area contributed by atoms with Crippen LogP contribution < -0.4 is 10.1 Å². The van der Waals surface area contributed by atoms with Gasteiger partial charge in [-0.25, -0.2) is 4.39 Å². The van der Waals surface area contributed by atoms with Crippen LogP contribution in [0.5, 0.6) is 5.75 Å². The van der Waals surface area contributed by atoms with Crippen molar-refractivity contribution < 1.29 is 18.7 Å². The first kappa shape index (κ1) is 21.8. The van der Waals surface area contributed by atoms with E-state index in [-0.39, 0.29) is 18.9 Å². The number of halogens is 1. The number of ether oxygens (including phenoxy) is 2. The summed E-state index contributed by atoms with van der Waals surface area (Å²) in [4.78, 5) is 12.6. The number of nitrogens with zero attached hydrogens (tertiary/aromatic N) is 2. The Morgan fingerprint density at radius 3 is 2.81 bits per heavy atom. The molecule has 4 rings (SSSR count). The van der Waals surface area contributed by atoms with Crippen LogP contribution >= 0.6 is 0 Å². The van der Waals surface area contributed by atoms with Gasteiger partial charge in [0, 0.05) is 18.6 Å². The summed E-state index contributed by atoms with van der Waals surface area (Å²) in [6.45, 7) is 0.809. The van der Waals surface area contributed by atoms with E-state index in [9.17, 15) is 14.4 Å². The van der Waals surface area contributed by atoms with Crippen molar-refractivity contribution >= 4 is 5.91 Å². The number of benzene rings is 2. The molecule has 0 saturated carbocycles. The fourth-order valence-electron chi connectivity index (χ4n) is 4.20. The molecule has 2 aliphatic heterocycles. The average molecular weight is 433 g/mol. The van der Waals surface area contributed by atoms with Gasteiger partial charge in [0.05, 0.1) is 17.7 Å². The SMILES string of the molecule is N#Cc1ccc2c(c1)COc1cc(CC(C#N)NC(=O)[C@@H]3CCCCCCO3)c(F)cc1-2. The number of amides is 1. The van der Waals surface area contributed by atoms with Gasteiger partial charge in [-0.2, -0.15) is 10.5 Å². The van der Waals surface area contributed by atoms with Crippen molar-refractivity contribution in [2.24, 2.45) is 0 Å². The van der Waals surface area contributed by atoms with Gasteiger partial charge in [-0.15, -0.1) is 0 Å². The first-order chi connectivity index (χ1) is 15.6. The maximum Gasteiger partial charge on any atom is 0.250 e. The minimum absolute atomic E-state index is 0.0255. The Hall–Kier alpha value is -3.42. The van der Waals surface area contributed by atoms with Gasteiger partial charge in [0.25, 0.3) is 0 Å². The molecule has 2 heterocycles. The van der Waals surface area contributed by atoms with Crippen molar-refractivity contribution in [3.63, 3.8) is 0 Å². The minimum atomic E-state index is -0.877. The first-order valence-corrected chi connectivity index (χ1v) is 10.9. The van der Waals surface area contributed by atoms with Crippen molar-refractivity contribution in [2.75, 3.05) is 6.61 Å². The molecule has 2 atom stereocenters. The number of nitriles is 2. The molecule has 32 heavy (non-hydrogen) atoms. The summed E-state index contributed by atoms with van der Waals surface area (Å²) in [5.41, 5.74) is 3.07. The van der Waals surface area contributed by atoms with Crippen LogP contribution in [-0.4, -0.2) is 24.7 Å². The van der Waals surface area contributed by atoms with E-state index in [1.807, 2.05) is 0 Å². The molecule has 1 unspecified atom stereocenters.